The number of amides is 2. The van der Waals surface area contributed by atoms with Gasteiger partial charge in [-0.2, -0.15) is 0 Å². The maximum atomic E-state index is 13.5. The number of aryl methyl sites for hydroxylation is 3. The van der Waals surface area contributed by atoms with Gasteiger partial charge in [0.05, 0.1) is 0 Å². The van der Waals surface area contributed by atoms with Crippen LogP contribution in [0.1, 0.15) is 59.9 Å². The summed E-state index contributed by atoms with van der Waals surface area (Å²) in [6.07, 6.45) is 0. The molecule has 30 heavy (non-hydrogen) atoms. The molecule has 2 heterocycles. The lowest BCUT2D eigenvalue weighted by atomic mass is 10.0. The predicted octanol–water partition coefficient (Wildman–Crippen LogP) is 4.36. The lowest BCUT2D eigenvalue weighted by molar-refractivity contribution is -0.124. The van der Waals surface area contributed by atoms with E-state index in [1.54, 1.807) is 24.4 Å². The quantitative estimate of drug-likeness (QED) is 0.655. The second-order valence-corrected chi connectivity index (χ2v) is 9.01. The van der Waals surface area contributed by atoms with Gasteiger partial charge < -0.3 is 9.73 Å². The average Bonchev–Trinajstić information content (AvgIpc) is 3.28. The Labute approximate surface area is 180 Å². The van der Waals surface area contributed by atoms with Crippen LogP contribution in [-0.2, 0) is 4.79 Å². The van der Waals surface area contributed by atoms with Crippen LogP contribution in [0.25, 0.3) is 0 Å². The predicted molar refractivity (Wildman–Crippen MR) is 117 cm³/mol. The van der Waals surface area contributed by atoms with Crippen LogP contribution in [0.15, 0.2) is 40.1 Å². The molecule has 0 saturated carbocycles. The van der Waals surface area contributed by atoms with E-state index in [-0.39, 0.29) is 11.6 Å². The summed E-state index contributed by atoms with van der Waals surface area (Å²) in [7, 11) is 0. The van der Waals surface area contributed by atoms with E-state index < -0.39 is 17.5 Å². The fourth-order valence-corrected chi connectivity index (χ4v) is 3.70. The van der Waals surface area contributed by atoms with Crippen LogP contribution < -0.4 is 10.2 Å². The minimum Gasteiger partial charge on any atom is -0.464 e. The minimum atomic E-state index is -1.01. The van der Waals surface area contributed by atoms with E-state index in [1.807, 2.05) is 52.8 Å². The number of hydrogen-bond acceptors (Lipinski definition) is 6. The van der Waals surface area contributed by atoms with Crippen LogP contribution >= 0.6 is 11.5 Å². The molecule has 0 saturated heterocycles. The van der Waals surface area contributed by atoms with Crippen molar-refractivity contribution >= 4 is 29.0 Å². The van der Waals surface area contributed by atoms with Gasteiger partial charge >= 0.3 is 0 Å². The summed E-state index contributed by atoms with van der Waals surface area (Å²) < 4.78 is 9.64. The van der Waals surface area contributed by atoms with Gasteiger partial charge in [-0.25, -0.2) is 0 Å². The van der Waals surface area contributed by atoms with Gasteiger partial charge in [0.1, 0.15) is 11.5 Å². The van der Waals surface area contributed by atoms with Gasteiger partial charge in [-0.1, -0.05) is 10.6 Å². The molecule has 0 bridgehead atoms. The van der Waals surface area contributed by atoms with Gasteiger partial charge in [0.2, 0.25) is 0 Å². The smallest absolute Gasteiger partial charge is 0.280 e. The molecule has 3 aromatic rings. The van der Waals surface area contributed by atoms with Gasteiger partial charge in [-0.05, 0) is 88.5 Å². The number of rotatable bonds is 5. The first-order chi connectivity index (χ1) is 14.0. The van der Waals surface area contributed by atoms with Crippen molar-refractivity contribution in [2.24, 2.45) is 0 Å². The summed E-state index contributed by atoms with van der Waals surface area (Å²) in [6, 6.07) is 8.26. The standard InChI is InChI=1S/C22H26N4O3S/c1-13-9-14(2)11-16(10-13)26(21(28)17-12-30-25-24-17)19(18-8-7-15(3)29-18)20(27)23-22(4,5)6/h7-12,19H,1-6H3,(H,23,27)/t19-/m0/s1. The Bertz CT molecular complexity index is 1030. The van der Waals surface area contributed by atoms with E-state index in [0.29, 0.717) is 17.2 Å². The molecule has 0 aliphatic heterocycles. The van der Waals surface area contributed by atoms with Crippen molar-refractivity contribution in [2.75, 3.05) is 4.90 Å². The monoisotopic (exact) mass is 426 g/mol. The Balaban J connectivity index is 2.19. The normalized spacial score (nSPS) is 12.5. The molecule has 0 aliphatic carbocycles. The Morgan fingerprint density at radius 1 is 1.10 bits per heavy atom. The largest absolute Gasteiger partial charge is 0.464 e. The molecule has 2 aromatic heterocycles. The van der Waals surface area contributed by atoms with Crippen LogP contribution in [0.2, 0.25) is 0 Å². The van der Waals surface area contributed by atoms with E-state index in [2.05, 4.69) is 14.9 Å². The van der Waals surface area contributed by atoms with Gasteiger partial charge in [-0.15, -0.1) is 5.10 Å². The molecule has 1 N–H and O–H groups in total. The average molecular weight is 427 g/mol. The molecular formula is C22H26N4O3S. The SMILES string of the molecule is Cc1cc(C)cc(N(C(=O)c2csnn2)[C@H](C(=O)NC(C)(C)C)c2ccc(C)o2)c1. The molecule has 0 radical (unpaired) electrons. The third-order valence-electron chi connectivity index (χ3n) is 4.32. The van der Waals surface area contributed by atoms with E-state index in [9.17, 15) is 9.59 Å². The third-order valence-corrected chi connectivity index (χ3v) is 4.82. The number of hydrogen-bond donors (Lipinski definition) is 1. The lowest BCUT2D eigenvalue weighted by Gasteiger charge is -2.32. The van der Waals surface area contributed by atoms with Crippen LogP contribution in [0.4, 0.5) is 5.69 Å². The first-order valence-corrected chi connectivity index (χ1v) is 10.5. The van der Waals surface area contributed by atoms with Gasteiger partial charge in [0, 0.05) is 16.6 Å². The van der Waals surface area contributed by atoms with Crippen molar-refractivity contribution in [3.8, 4) is 0 Å². The molecule has 7 nitrogen and oxygen atoms in total. The summed E-state index contributed by atoms with van der Waals surface area (Å²) in [5.74, 6) is 0.274. The fourth-order valence-electron chi connectivity index (χ4n) is 3.27. The molecule has 0 spiro atoms. The number of aromatic nitrogens is 2. The van der Waals surface area contributed by atoms with Crippen molar-refractivity contribution in [3.05, 3.63) is 64.1 Å². The highest BCUT2D eigenvalue weighted by Crippen LogP contribution is 2.32. The molecule has 0 fully saturated rings. The molecular weight excluding hydrogens is 400 g/mol. The number of nitrogens with zero attached hydrogens (tertiary/aromatic N) is 3. The van der Waals surface area contributed by atoms with Crippen LogP contribution in [0.5, 0.6) is 0 Å². The Hall–Kier alpha value is -3.00. The fraction of sp³-hybridized carbons (Fsp3) is 0.364. The third kappa shape index (κ3) is 4.94. The molecule has 8 heteroatoms. The number of anilines is 1. The lowest BCUT2D eigenvalue weighted by Crippen LogP contribution is -2.49. The van der Waals surface area contributed by atoms with Crippen molar-refractivity contribution in [1.29, 1.82) is 0 Å². The van der Waals surface area contributed by atoms with Crippen LogP contribution in [0, 0.1) is 20.8 Å². The second kappa shape index (κ2) is 8.39. The van der Waals surface area contributed by atoms with Crippen molar-refractivity contribution in [1.82, 2.24) is 14.9 Å². The van der Waals surface area contributed by atoms with E-state index in [0.717, 1.165) is 22.7 Å². The number of carbonyl (C=O) groups is 2. The van der Waals surface area contributed by atoms with Crippen molar-refractivity contribution < 1.29 is 14.0 Å². The van der Waals surface area contributed by atoms with Gasteiger partial charge in [0.15, 0.2) is 11.7 Å². The molecule has 1 aromatic carbocycles. The number of benzene rings is 1. The minimum absolute atomic E-state index is 0.177. The first-order valence-electron chi connectivity index (χ1n) is 9.62. The van der Waals surface area contributed by atoms with Crippen LogP contribution in [0.3, 0.4) is 0 Å². The number of nitrogens with one attached hydrogen (secondary N) is 1. The Morgan fingerprint density at radius 3 is 2.27 bits per heavy atom. The summed E-state index contributed by atoms with van der Waals surface area (Å²) in [6.45, 7) is 11.4. The van der Waals surface area contributed by atoms with E-state index in [1.165, 1.54) is 4.90 Å². The molecule has 0 aliphatic rings. The van der Waals surface area contributed by atoms with Gasteiger partial charge in [0.25, 0.3) is 11.8 Å². The summed E-state index contributed by atoms with van der Waals surface area (Å²) >= 11 is 1.08. The first kappa shape index (κ1) is 21.7. The summed E-state index contributed by atoms with van der Waals surface area (Å²) in [5.41, 5.74) is 2.23. The zero-order chi connectivity index (χ0) is 22.1. The zero-order valence-corrected chi connectivity index (χ0v) is 18.8. The van der Waals surface area contributed by atoms with E-state index in [4.69, 9.17) is 4.42 Å². The van der Waals surface area contributed by atoms with Crippen molar-refractivity contribution in [2.45, 2.75) is 53.1 Å². The maximum Gasteiger partial charge on any atom is 0.280 e. The second-order valence-electron chi connectivity index (χ2n) is 8.40. The highest BCUT2D eigenvalue weighted by atomic mass is 32.1. The highest BCUT2D eigenvalue weighted by molar-refractivity contribution is 7.03. The molecule has 158 valence electrons. The van der Waals surface area contributed by atoms with Gasteiger partial charge in [-0.3, -0.25) is 14.5 Å². The Kier molecular flexibility index (Phi) is 6.07. The van der Waals surface area contributed by atoms with Crippen LogP contribution in [-0.4, -0.2) is 26.9 Å². The van der Waals surface area contributed by atoms with Crippen molar-refractivity contribution in [3.63, 3.8) is 0 Å². The number of carbonyl (C=O) groups excluding carboxylic acids is 2. The summed E-state index contributed by atoms with van der Waals surface area (Å²) in [4.78, 5) is 28.4. The molecule has 2 amide bonds. The maximum absolute atomic E-state index is 13.5. The zero-order valence-electron chi connectivity index (χ0n) is 18.0. The summed E-state index contributed by atoms with van der Waals surface area (Å²) in [5, 5.41) is 8.49. The topological polar surface area (TPSA) is 88.3 Å². The molecule has 3 rings (SSSR count). The highest BCUT2D eigenvalue weighted by Gasteiger charge is 2.38. The Morgan fingerprint density at radius 2 is 1.77 bits per heavy atom. The molecule has 1 atom stereocenters. The number of furan rings is 1. The molecule has 0 unspecified atom stereocenters. The van der Waals surface area contributed by atoms with E-state index >= 15 is 0 Å².